The molecule has 0 spiro atoms. The van der Waals surface area contributed by atoms with Crippen molar-refractivity contribution in [3.63, 3.8) is 0 Å². The van der Waals surface area contributed by atoms with E-state index >= 15 is 0 Å². The summed E-state index contributed by atoms with van der Waals surface area (Å²) in [4.78, 5) is 13.1. The molecule has 0 aliphatic carbocycles. The molecule has 0 amide bonds. The minimum atomic E-state index is -0.0491. The van der Waals surface area contributed by atoms with Crippen LogP contribution in [0.5, 0.6) is 0 Å². The van der Waals surface area contributed by atoms with Gasteiger partial charge in [0.25, 0.3) is 0 Å². The Hall–Kier alpha value is -0.570. The first kappa shape index (κ1) is 6.55. The van der Waals surface area contributed by atoms with Crippen LogP contribution in [0.4, 0.5) is 0 Å². The van der Waals surface area contributed by atoms with Crippen molar-refractivity contribution in [1.29, 1.82) is 0 Å². The molecule has 0 saturated heterocycles. The lowest BCUT2D eigenvalue weighted by Crippen LogP contribution is -2.02. The van der Waals surface area contributed by atoms with Crippen molar-refractivity contribution in [2.45, 2.75) is 5.33 Å². The van der Waals surface area contributed by atoms with Crippen molar-refractivity contribution in [3.8, 4) is 0 Å². The lowest BCUT2D eigenvalue weighted by atomic mass is 10.3. The predicted molar refractivity (Wildman–Crippen MR) is 39.7 cm³/mol. The van der Waals surface area contributed by atoms with Gasteiger partial charge in [-0.25, -0.2) is 0 Å². The Morgan fingerprint density at radius 2 is 2.44 bits per heavy atom. The fraction of sp³-hybridized carbons (Fsp3) is 0.167. The molecule has 1 N–H and O–H groups in total. The molecule has 0 saturated carbocycles. The van der Waals surface area contributed by atoms with Crippen molar-refractivity contribution < 1.29 is 0 Å². The van der Waals surface area contributed by atoms with E-state index in [4.69, 9.17) is 0 Å². The van der Waals surface area contributed by atoms with Gasteiger partial charge in [0.1, 0.15) is 0 Å². The normalized spacial score (nSPS) is 9.44. The highest BCUT2D eigenvalue weighted by molar-refractivity contribution is 9.08. The Kier molecular flexibility index (Phi) is 2.05. The molecule has 0 fully saturated rings. The Labute approximate surface area is 61.0 Å². The maximum absolute atomic E-state index is 10.6. The van der Waals surface area contributed by atoms with Crippen LogP contribution in [0.2, 0.25) is 0 Å². The zero-order chi connectivity index (χ0) is 6.69. The van der Waals surface area contributed by atoms with Gasteiger partial charge in [-0.15, -0.1) is 0 Å². The summed E-state index contributed by atoms with van der Waals surface area (Å²) < 4.78 is 0. The summed E-state index contributed by atoms with van der Waals surface area (Å²) in [6, 6.07) is 3.42. The molecule has 0 unspecified atom stereocenters. The van der Waals surface area contributed by atoms with Gasteiger partial charge < -0.3 is 4.98 Å². The zero-order valence-corrected chi connectivity index (χ0v) is 6.31. The largest absolute Gasteiger partial charge is 0.329 e. The van der Waals surface area contributed by atoms with Gasteiger partial charge in [0.05, 0.1) is 0 Å². The molecule has 1 heterocycles. The monoisotopic (exact) mass is 187 g/mol. The first-order chi connectivity index (χ1) is 4.33. The second-order valence-electron chi connectivity index (χ2n) is 1.69. The Morgan fingerprint density at radius 3 is 2.89 bits per heavy atom. The summed E-state index contributed by atoms with van der Waals surface area (Å²) in [7, 11) is 0. The topological polar surface area (TPSA) is 32.9 Å². The number of aromatic nitrogens is 1. The molecule has 0 aromatic carbocycles. The molecule has 0 bridgehead atoms. The number of alkyl halides is 1. The fourth-order valence-corrected chi connectivity index (χ4v) is 0.921. The standard InChI is InChI=1S/C6H6BrNO/c7-4-5-1-2-8-6(9)3-5/h1-3H,4H2,(H,8,9). The highest BCUT2D eigenvalue weighted by atomic mass is 79.9. The third-order valence-corrected chi connectivity index (χ3v) is 1.64. The molecule has 9 heavy (non-hydrogen) atoms. The van der Waals surface area contributed by atoms with Crippen LogP contribution in [0.25, 0.3) is 0 Å². The first-order valence-electron chi connectivity index (χ1n) is 2.56. The van der Waals surface area contributed by atoms with E-state index in [-0.39, 0.29) is 5.56 Å². The van der Waals surface area contributed by atoms with E-state index in [1.54, 1.807) is 12.3 Å². The van der Waals surface area contributed by atoms with Gasteiger partial charge in [-0.2, -0.15) is 0 Å². The fourth-order valence-electron chi connectivity index (χ4n) is 0.572. The average Bonchev–Trinajstić information content (AvgIpc) is 1.88. The number of aromatic amines is 1. The molecule has 0 aliphatic rings. The Bertz CT molecular complexity index is 243. The number of hydrogen-bond acceptors (Lipinski definition) is 1. The molecule has 1 rings (SSSR count). The summed E-state index contributed by atoms with van der Waals surface area (Å²) in [5.74, 6) is 0. The van der Waals surface area contributed by atoms with E-state index < -0.39 is 0 Å². The molecular weight excluding hydrogens is 182 g/mol. The van der Waals surface area contributed by atoms with Gasteiger partial charge in [0.15, 0.2) is 0 Å². The van der Waals surface area contributed by atoms with Crippen LogP contribution in [-0.2, 0) is 5.33 Å². The molecule has 0 radical (unpaired) electrons. The van der Waals surface area contributed by atoms with Gasteiger partial charge in [0.2, 0.25) is 5.56 Å². The van der Waals surface area contributed by atoms with E-state index in [9.17, 15) is 4.79 Å². The lowest BCUT2D eigenvalue weighted by molar-refractivity contribution is 1.20. The van der Waals surface area contributed by atoms with Crippen LogP contribution >= 0.6 is 15.9 Å². The number of pyridine rings is 1. The summed E-state index contributed by atoms with van der Waals surface area (Å²) in [5.41, 5.74) is 0.950. The number of hydrogen-bond donors (Lipinski definition) is 1. The Balaban J connectivity index is 3.08. The number of halogens is 1. The smallest absolute Gasteiger partial charge is 0.248 e. The van der Waals surface area contributed by atoms with Crippen molar-refractivity contribution in [1.82, 2.24) is 4.98 Å². The highest BCUT2D eigenvalue weighted by Gasteiger charge is 1.86. The van der Waals surface area contributed by atoms with Crippen molar-refractivity contribution in [2.24, 2.45) is 0 Å². The van der Waals surface area contributed by atoms with Crippen LogP contribution < -0.4 is 5.56 Å². The molecule has 0 atom stereocenters. The Morgan fingerprint density at radius 1 is 1.67 bits per heavy atom. The van der Waals surface area contributed by atoms with Crippen LogP contribution in [0.1, 0.15) is 5.56 Å². The predicted octanol–water partition coefficient (Wildman–Crippen LogP) is 1.27. The van der Waals surface area contributed by atoms with Gasteiger partial charge in [-0.3, -0.25) is 4.79 Å². The maximum Gasteiger partial charge on any atom is 0.248 e. The minimum absolute atomic E-state index is 0.0491. The van der Waals surface area contributed by atoms with E-state index in [0.29, 0.717) is 0 Å². The van der Waals surface area contributed by atoms with Crippen molar-refractivity contribution >= 4 is 15.9 Å². The maximum atomic E-state index is 10.6. The number of H-pyrrole nitrogens is 1. The zero-order valence-electron chi connectivity index (χ0n) is 4.73. The van der Waals surface area contributed by atoms with Crippen LogP contribution in [0, 0.1) is 0 Å². The SMILES string of the molecule is O=c1cc(CBr)cc[nH]1. The van der Waals surface area contributed by atoms with E-state index in [0.717, 1.165) is 10.9 Å². The van der Waals surface area contributed by atoms with Crippen LogP contribution in [0.3, 0.4) is 0 Å². The molecular formula is C6H6BrNO. The minimum Gasteiger partial charge on any atom is -0.329 e. The summed E-state index contributed by atoms with van der Waals surface area (Å²) in [5, 5.41) is 0.733. The molecule has 3 heteroatoms. The summed E-state index contributed by atoms with van der Waals surface area (Å²) >= 11 is 3.24. The quantitative estimate of drug-likeness (QED) is 0.661. The van der Waals surface area contributed by atoms with Crippen LogP contribution in [-0.4, -0.2) is 4.98 Å². The average molecular weight is 188 g/mol. The summed E-state index contributed by atoms with van der Waals surface area (Å²) in [6.45, 7) is 0. The van der Waals surface area contributed by atoms with Crippen molar-refractivity contribution in [3.05, 3.63) is 34.2 Å². The third kappa shape index (κ3) is 1.68. The second-order valence-corrected chi connectivity index (χ2v) is 2.26. The first-order valence-corrected chi connectivity index (χ1v) is 3.68. The molecule has 1 aromatic rings. The van der Waals surface area contributed by atoms with E-state index in [1.165, 1.54) is 0 Å². The highest BCUT2D eigenvalue weighted by Crippen LogP contribution is 1.98. The van der Waals surface area contributed by atoms with Gasteiger partial charge in [0, 0.05) is 17.6 Å². The molecule has 0 aliphatic heterocycles. The molecule has 1 aromatic heterocycles. The van der Waals surface area contributed by atoms with E-state index in [2.05, 4.69) is 20.9 Å². The summed E-state index contributed by atoms with van der Waals surface area (Å²) in [6.07, 6.45) is 1.64. The van der Waals surface area contributed by atoms with Crippen LogP contribution in [0.15, 0.2) is 23.1 Å². The lowest BCUT2D eigenvalue weighted by Gasteiger charge is -1.88. The second kappa shape index (κ2) is 2.82. The van der Waals surface area contributed by atoms with E-state index in [1.807, 2.05) is 6.07 Å². The van der Waals surface area contributed by atoms with Gasteiger partial charge in [-0.1, -0.05) is 15.9 Å². The van der Waals surface area contributed by atoms with Crippen molar-refractivity contribution in [2.75, 3.05) is 0 Å². The van der Waals surface area contributed by atoms with Gasteiger partial charge >= 0.3 is 0 Å². The van der Waals surface area contributed by atoms with Gasteiger partial charge in [-0.05, 0) is 11.6 Å². The number of rotatable bonds is 1. The third-order valence-electron chi connectivity index (χ3n) is 0.994. The molecule has 2 nitrogen and oxygen atoms in total. The number of nitrogens with one attached hydrogen (secondary N) is 1. The molecule has 48 valence electrons.